The van der Waals surface area contributed by atoms with Gasteiger partial charge in [0.05, 0.1) is 11.6 Å². The number of phenolic OH excluding ortho intramolecular Hbond substituents is 1. The van der Waals surface area contributed by atoms with E-state index in [9.17, 15) is 9.90 Å². The molecule has 6 heteroatoms. The van der Waals surface area contributed by atoms with Gasteiger partial charge in [-0.25, -0.2) is 0 Å². The molecule has 1 aliphatic carbocycles. The van der Waals surface area contributed by atoms with Gasteiger partial charge < -0.3 is 15.3 Å². The Kier molecular flexibility index (Phi) is 5.39. The Hall–Kier alpha value is -2.57. The van der Waals surface area contributed by atoms with Crippen LogP contribution >= 0.6 is 31.9 Å². The summed E-state index contributed by atoms with van der Waals surface area (Å²) in [5.41, 5.74) is 12.2. The molecule has 0 saturated carbocycles. The first-order chi connectivity index (χ1) is 17.9. The lowest BCUT2D eigenvalue weighted by atomic mass is 9.79. The Morgan fingerprint density at radius 1 is 0.973 bits per heavy atom. The maximum atomic E-state index is 13.6. The molecule has 3 heterocycles. The molecule has 4 nitrogen and oxygen atoms in total. The van der Waals surface area contributed by atoms with Crippen LogP contribution in [0, 0.1) is 6.92 Å². The third-order valence-corrected chi connectivity index (χ3v) is 10.3. The van der Waals surface area contributed by atoms with Gasteiger partial charge in [0, 0.05) is 44.8 Å². The van der Waals surface area contributed by atoms with Gasteiger partial charge in [-0.1, -0.05) is 45.8 Å². The molecular weight excluding hydrogens is 592 g/mol. The van der Waals surface area contributed by atoms with E-state index < -0.39 is 0 Å². The summed E-state index contributed by atoms with van der Waals surface area (Å²) in [6, 6.07) is 12.7. The van der Waals surface area contributed by atoms with E-state index >= 15 is 0 Å². The van der Waals surface area contributed by atoms with Crippen molar-refractivity contribution in [3.63, 3.8) is 0 Å². The second kappa shape index (κ2) is 8.47. The van der Waals surface area contributed by atoms with Crippen molar-refractivity contribution in [3.8, 4) is 5.75 Å². The lowest BCUT2D eigenvalue weighted by molar-refractivity contribution is -0.117. The number of nitrogens with one attached hydrogen (secondary N) is 1. The monoisotopic (exact) mass is 618 g/mol. The summed E-state index contributed by atoms with van der Waals surface area (Å²) in [7, 11) is 0. The lowest BCUT2D eigenvalue weighted by Gasteiger charge is -2.37. The van der Waals surface area contributed by atoms with E-state index in [2.05, 4.69) is 86.3 Å². The van der Waals surface area contributed by atoms with Gasteiger partial charge >= 0.3 is 0 Å². The molecule has 2 N–H and O–H groups in total. The average Bonchev–Trinajstić information content (AvgIpc) is 3.38. The van der Waals surface area contributed by atoms with Crippen molar-refractivity contribution in [1.82, 2.24) is 0 Å². The number of anilines is 2. The van der Waals surface area contributed by atoms with Gasteiger partial charge in [-0.2, -0.15) is 0 Å². The molecule has 7 rings (SSSR count). The first kappa shape index (κ1) is 23.5. The van der Waals surface area contributed by atoms with Crippen LogP contribution < -0.4 is 10.2 Å². The van der Waals surface area contributed by atoms with Crippen molar-refractivity contribution in [2.45, 2.75) is 51.4 Å². The van der Waals surface area contributed by atoms with Crippen LogP contribution in [-0.2, 0) is 17.6 Å². The van der Waals surface area contributed by atoms with E-state index in [0.29, 0.717) is 5.75 Å². The van der Waals surface area contributed by atoms with E-state index in [4.69, 9.17) is 0 Å². The maximum absolute atomic E-state index is 13.6. The third-order valence-electron chi connectivity index (χ3n) is 8.89. The second-order valence-electron chi connectivity index (χ2n) is 10.8. The minimum absolute atomic E-state index is 0.0256. The Labute approximate surface area is 234 Å². The molecule has 2 atom stereocenters. The zero-order chi connectivity index (χ0) is 25.6. The number of carbonyl (C=O) groups excluding carboxylic acids is 1. The number of benzene rings is 3. The zero-order valence-corrected chi connectivity index (χ0v) is 24.1. The fraction of sp³-hybridized carbons (Fsp3) is 0.323. The molecule has 0 bridgehead atoms. The number of nitrogens with zero attached hydrogens (tertiary/aromatic N) is 1. The number of aromatic hydroxyl groups is 1. The highest BCUT2D eigenvalue weighted by Gasteiger charge is 2.45. The number of halogens is 2. The van der Waals surface area contributed by atoms with Crippen LogP contribution in [0.3, 0.4) is 0 Å². The fourth-order valence-electron chi connectivity index (χ4n) is 7.32. The number of carbonyl (C=O) groups is 1. The topological polar surface area (TPSA) is 52.6 Å². The Morgan fingerprint density at radius 3 is 2.54 bits per heavy atom. The standard InChI is InChI=1S/C31H28Br2N2O2/c1-15-22(32)14-23(33)28-26(15)27(31(37)34-28)25-16(2)24(18-8-3-4-9-19(18)25)21-13-17-7-5-11-35-12-6-10-20(29(17)35)30(21)36/h3-4,8-9,13-14,25,27,36H,5-7,10-12H2,1-2H3,(H,34,37). The minimum atomic E-state index is -0.337. The molecule has 37 heavy (non-hydrogen) atoms. The SMILES string of the molecule is CC1=C(c2cc3c4c(c2O)CCCN4CCC3)c2ccccc2C1C1C(=O)Nc2c(Br)cc(Br)c(C)c21. The molecule has 3 aliphatic heterocycles. The first-order valence-electron chi connectivity index (χ1n) is 13.1. The second-order valence-corrected chi connectivity index (χ2v) is 12.5. The highest BCUT2D eigenvalue weighted by molar-refractivity contribution is 9.11. The van der Waals surface area contributed by atoms with Crippen molar-refractivity contribution in [1.29, 1.82) is 0 Å². The molecule has 1 amide bonds. The molecule has 0 saturated heterocycles. The molecule has 188 valence electrons. The highest BCUT2D eigenvalue weighted by Crippen LogP contribution is 2.57. The van der Waals surface area contributed by atoms with Crippen LogP contribution in [0.1, 0.15) is 70.5 Å². The molecule has 0 aromatic heterocycles. The predicted molar refractivity (Wildman–Crippen MR) is 156 cm³/mol. The third kappa shape index (κ3) is 3.27. The van der Waals surface area contributed by atoms with E-state index in [1.807, 2.05) is 6.07 Å². The molecule has 2 unspecified atom stereocenters. The molecular formula is C31H28Br2N2O2. The molecule has 0 radical (unpaired) electrons. The number of amides is 1. The molecule has 0 fully saturated rings. The van der Waals surface area contributed by atoms with E-state index in [1.54, 1.807) is 0 Å². The van der Waals surface area contributed by atoms with Crippen LogP contribution in [0.4, 0.5) is 11.4 Å². The highest BCUT2D eigenvalue weighted by atomic mass is 79.9. The zero-order valence-electron chi connectivity index (χ0n) is 20.9. The number of phenols is 1. The average molecular weight is 620 g/mol. The lowest BCUT2D eigenvalue weighted by Crippen LogP contribution is -2.34. The Bertz CT molecular complexity index is 1560. The van der Waals surface area contributed by atoms with Crippen LogP contribution in [0.2, 0.25) is 0 Å². The predicted octanol–water partition coefficient (Wildman–Crippen LogP) is 7.58. The Morgan fingerprint density at radius 2 is 1.73 bits per heavy atom. The molecule has 3 aromatic carbocycles. The van der Waals surface area contributed by atoms with E-state index in [-0.39, 0.29) is 17.7 Å². The summed E-state index contributed by atoms with van der Waals surface area (Å²) in [6.07, 6.45) is 4.18. The van der Waals surface area contributed by atoms with Crippen molar-refractivity contribution >= 4 is 54.7 Å². The van der Waals surface area contributed by atoms with Crippen molar-refractivity contribution in [2.24, 2.45) is 0 Å². The van der Waals surface area contributed by atoms with Crippen molar-refractivity contribution in [3.05, 3.63) is 89.9 Å². The van der Waals surface area contributed by atoms with Crippen LogP contribution in [0.15, 0.2) is 50.9 Å². The van der Waals surface area contributed by atoms with Crippen LogP contribution in [0.25, 0.3) is 5.57 Å². The summed E-state index contributed by atoms with van der Waals surface area (Å²) in [4.78, 5) is 16.1. The van der Waals surface area contributed by atoms with Gasteiger partial charge in [0.15, 0.2) is 0 Å². The first-order valence-corrected chi connectivity index (χ1v) is 14.7. The number of allylic oxidation sites excluding steroid dienone is 1. The smallest absolute Gasteiger partial charge is 0.233 e. The van der Waals surface area contributed by atoms with Crippen molar-refractivity contribution in [2.75, 3.05) is 23.3 Å². The normalized spacial score (nSPS) is 21.6. The number of fused-ring (bicyclic) bond motifs is 2. The molecule has 4 aliphatic rings. The van der Waals surface area contributed by atoms with Gasteiger partial charge in [-0.05, 0) is 101 Å². The number of hydrogen-bond acceptors (Lipinski definition) is 3. The van der Waals surface area contributed by atoms with Gasteiger partial charge in [-0.15, -0.1) is 0 Å². The van der Waals surface area contributed by atoms with Gasteiger partial charge in [0.25, 0.3) is 0 Å². The maximum Gasteiger partial charge on any atom is 0.233 e. The van der Waals surface area contributed by atoms with Gasteiger partial charge in [0.2, 0.25) is 5.91 Å². The van der Waals surface area contributed by atoms with Gasteiger partial charge in [0.1, 0.15) is 5.75 Å². The summed E-state index contributed by atoms with van der Waals surface area (Å²) in [6.45, 7) is 6.39. The molecule has 0 spiro atoms. The number of aryl methyl sites for hydroxylation is 1. The van der Waals surface area contributed by atoms with Crippen molar-refractivity contribution < 1.29 is 9.90 Å². The summed E-state index contributed by atoms with van der Waals surface area (Å²) in [5.74, 6) is 0.0116. The van der Waals surface area contributed by atoms with E-state index in [1.165, 1.54) is 11.3 Å². The number of rotatable bonds is 2. The van der Waals surface area contributed by atoms with Gasteiger partial charge in [-0.3, -0.25) is 4.79 Å². The number of hydrogen-bond donors (Lipinski definition) is 2. The minimum Gasteiger partial charge on any atom is -0.507 e. The largest absolute Gasteiger partial charge is 0.507 e. The Balaban J connectivity index is 1.46. The fourth-order valence-corrected chi connectivity index (χ4v) is 8.61. The summed E-state index contributed by atoms with van der Waals surface area (Å²) in [5, 5.41) is 14.9. The van der Waals surface area contributed by atoms with E-state index in [0.717, 1.165) is 97.9 Å². The summed E-state index contributed by atoms with van der Waals surface area (Å²) < 4.78 is 1.88. The summed E-state index contributed by atoms with van der Waals surface area (Å²) >= 11 is 7.37. The molecule has 3 aromatic rings. The quantitative estimate of drug-likeness (QED) is 0.311. The van der Waals surface area contributed by atoms with Crippen LogP contribution in [-0.4, -0.2) is 24.1 Å². The van der Waals surface area contributed by atoms with Crippen LogP contribution in [0.5, 0.6) is 5.75 Å².